The van der Waals surface area contributed by atoms with Crippen LogP contribution in [0.1, 0.15) is 25.5 Å². The Morgan fingerprint density at radius 3 is 2.62 bits per heavy atom. The van der Waals surface area contributed by atoms with E-state index in [0.29, 0.717) is 13.1 Å². The first kappa shape index (κ1) is 16.1. The summed E-state index contributed by atoms with van der Waals surface area (Å²) in [6.45, 7) is 4.07. The van der Waals surface area contributed by atoms with E-state index in [9.17, 15) is 13.2 Å². The van der Waals surface area contributed by atoms with Crippen LogP contribution in [-0.4, -0.2) is 43.4 Å². The molecule has 0 amide bonds. The fraction of sp³-hybridized carbons (Fsp3) is 0.600. The van der Waals surface area contributed by atoms with Crippen LogP contribution in [0.2, 0.25) is 0 Å². The van der Waals surface area contributed by atoms with Crippen molar-refractivity contribution in [1.29, 1.82) is 0 Å². The molecule has 2 unspecified atom stereocenters. The highest BCUT2D eigenvalue weighted by molar-refractivity contribution is 5.38. The average molecular weight is 302 g/mol. The normalized spacial score (nSPS) is 22.0. The lowest BCUT2D eigenvalue weighted by Gasteiger charge is -2.40. The van der Waals surface area contributed by atoms with Crippen LogP contribution in [0.3, 0.4) is 0 Å². The van der Waals surface area contributed by atoms with Gasteiger partial charge < -0.3 is 10.1 Å². The van der Waals surface area contributed by atoms with Crippen molar-refractivity contribution in [3.05, 3.63) is 29.8 Å². The lowest BCUT2D eigenvalue weighted by Crippen LogP contribution is -2.52. The van der Waals surface area contributed by atoms with Crippen molar-refractivity contribution in [3.63, 3.8) is 0 Å². The molecule has 1 aliphatic heterocycles. The fourth-order valence-corrected chi connectivity index (χ4v) is 2.82. The van der Waals surface area contributed by atoms with Gasteiger partial charge in [-0.1, -0.05) is 32.0 Å². The van der Waals surface area contributed by atoms with Crippen molar-refractivity contribution in [1.82, 2.24) is 10.2 Å². The maximum absolute atomic E-state index is 12.8. The van der Waals surface area contributed by atoms with E-state index in [2.05, 4.69) is 5.32 Å². The molecule has 0 saturated carbocycles. The first-order valence-corrected chi connectivity index (χ1v) is 7.22. The van der Waals surface area contributed by atoms with E-state index in [4.69, 9.17) is 4.74 Å². The summed E-state index contributed by atoms with van der Waals surface area (Å²) >= 11 is 0. The Morgan fingerprint density at radius 1 is 1.29 bits per heavy atom. The molecule has 3 nitrogen and oxygen atoms in total. The Morgan fingerprint density at radius 2 is 2.00 bits per heavy atom. The average Bonchev–Trinajstić information content (AvgIpc) is 2.45. The van der Waals surface area contributed by atoms with Gasteiger partial charge in [-0.15, -0.1) is 0 Å². The number of nitrogens with zero attached hydrogens (tertiary/aromatic N) is 1. The minimum Gasteiger partial charge on any atom is -0.492 e. The van der Waals surface area contributed by atoms with Gasteiger partial charge in [-0.2, -0.15) is 13.2 Å². The number of nitrogens with one attached hydrogen (secondary N) is 1. The molecule has 0 fully saturated rings. The molecule has 0 aliphatic carbocycles. The monoisotopic (exact) mass is 302 g/mol. The molecule has 0 aromatic heterocycles. The lowest BCUT2D eigenvalue weighted by molar-refractivity contribution is -0.153. The number of halogens is 3. The summed E-state index contributed by atoms with van der Waals surface area (Å²) in [5, 5.41) is 3.30. The highest BCUT2D eigenvalue weighted by Gasteiger charge is 2.39. The fourth-order valence-electron chi connectivity index (χ4n) is 2.82. The van der Waals surface area contributed by atoms with Crippen LogP contribution in [-0.2, 0) is 0 Å². The van der Waals surface area contributed by atoms with Crippen LogP contribution in [0.15, 0.2) is 24.3 Å². The molecule has 2 atom stereocenters. The molecule has 21 heavy (non-hydrogen) atoms. The minimum atomic E-state index is -4.20. The summed E-state index contributed by atoms with van der Waals surface area (Å²) in [5.41, 5.74) is 0.927. The maximum Gasteiger partial charge on any atom is 0.401 e. The van der Waals surface area contributed by atoms with E-state index in [0.717, 1.165) is 11.3 Å². The van der Waals surface area contributed by atoms with Gasteiger partial charge in [0.25, 0.3) is 0 Å². The number of rotatable bonds is 5. The second-order valence-corrected chi connectivity index (χ2v) is 5.13. The number of alkyl halides is 3. The maximum atomic E-state index is 12.8. The molecule has 1 aromatic carbocycles. The van der Waals surface area contributed by atoms with Gasteiger partial charge in [0.1, 0.15) is 12.4 Å². The third kappa shape index (κ3) is 3.89. The predicted molar refractivity (Wildman–Crippen MR) is 75.4 cm³/mol. The summed E-state index contributed by atoms with van der Waals surface area (Å²) in [5.74, 6) is 0.753. The molecular formula is C15H21F3N2O. The topological polar surface area (TPSA) is 24.5 Å². The number of fused-ring (bicyclic) bond motifs is 1. The number of hydrogen-bond acceptors (Lipinski definition) is 3. The Balaban J connectivity index is 2.26. The first-order valence-electron chi connectivity index (χ1n) is 7.22. The minimum absolute atomic E-state index is 0.151. The van der Waals surface area contributed by atoms with Crippen molar-refractivity contribution in [2.45, 2.75) is 32.1 Å². The number of benzene rings is 1. The van der Waals surface area contributed by atoms with Gasteiger partial charge in [-0.05, 0) is 19.2 Å². The van der Waals surface area contributed by atoms with Crippen LogP contribution in [0.25, 0.3) is 0 Å². The molecule has 2 rings (SSSR count). The van der Waals surface area contributed by atoms with E-state index in [1.165, 1.54) is 4.90 Å². The summed E-state index contributed by atoms with van der Waals surface area (Å²) in [6.07, 6.45) is -4.20. The van der Waals surface area contributed by atoms with Crippen LogP contribution in [0.4, 0.5) is 13.2 Å². The molecular weight excluding hydrogens is 281 g/mol. The number of ether oxygens (including phenoxy) is 1. The van der Waals surface area contributed by atoms with Crippen molar-refractivity contribution < 1.29 is 17.9 Å². The van der Waals surface area contributed by atoms with Crippen molar-refractivity contribution in [2.24, 2.45) is 0 Å². The zero-order valence-electron chi connectivity index (χ0n) is 12.3. The van der Waals surface area contributed by atoms with E-state index < -0.39 is 12.7 Å². The van der Waals surface area contributed by atoms with Gasteiger partial charge in [-0.25, -0.2) is 0 Å². The van der Waals surface area contributed by atoms with Crippen LogP contribution in [0, 0.1) is 0 Å². The number of likely N-dealkylation sites (N-methyl/N-ethyl adjacent to an activating group) is 2. The first-order chi connectivity index (χ1) is 9.96. The van der Waals surface area contributed by atoms with Gasteiger partial charge in [-0.3, -0.25) is 4.90 Å². The van der Waals surface area contributed by atoms with Crippen LogP contribution < -0.4 is 10.1 Å². The standard InChI is InChI=1S/C15H21F3N2O/c1-3-19-14-11-7-5-6-8-13(11)21-9-12(14)20(4-2)10-15(16,17)18/h5-8,12,14,19H,3-4,9-10H2,1-2H3. The van der Waals surface area contributed by atoms with Gasteiger partial charge >= 0.3 is 6.18 Å². The van der Waals surface area contributed by atoms with E-state index in [1.54, 1.807) is 6.92 Å². The van der Waals surface area contributed by atoms with Crippen LogP contribution in [0.5, 0.6) is 5.75 Å². The predicted octanol–water partition coefficient (Wildman–Crippen LogP) is 2.98. The Labute approximate surface area is 123 Å². The highest BCUT2D eigenvalue weighted by Crippen LogP contribution is 2.35. The molecule has 1 N–H and O–H groups in total. The summed E-state index contributed by atoms with van der Waals surface area (Å²) in [6, 6.07) is 7.05. The Kier molecular flexibility index (Phi) is 5.11. The van der Waals surface area contributed by atoms with Gasteiger partial charge in [0.15, 0.2) is 0 Å². The Hall–Kier alpha value is -1.27. The van der Waals surface area contributed by atoms with E-state index in [1.807, 2.05) is 31.2 Å². The SMILES string of the molecule is CCNC1c2ccccc2OCC1N(CC)CC(F)(F)F. The number of hydrogen-bond donors (Lipinski definition) is 1. The molecule has 1 heterocycles. The smallest absolute Gasteiger partial charge is 0.401 e. The highest BCUT2D eigenvalue weighted by atomic mass is 19.4. The lowest BCUT2D eigenvalue weighted by atomic mass is 9.95. The molecule has 0 spiro atoms. The van der Waals surface area contributed by atoms with Gasteiger partial charge in [0.05, 0.1) is 18.6 Å². The molecule has 1 aromatic rings. The molecule has 118 valence electrons. The van der Waals surface area contributed by atoms with Crippen molar-refractivity contribution in [2.75, 3.05) is 26.2 Å². The molecule has 0 saturated heterocycles. The Bertz CT molecular complexity index is 464. The van der Waals surface area contributed by atoms with Crippen molar-refractivity contribution >= 4 is 0 Å². The zero-order chi connectivity index (χ0) is 15.5. The van der Waals surface area contributed by atoms with Crippen molar-refractivity contribution in [3.8, 4) is 5.75 Å². The zero-order valence-corrected chi connectivity index (χ0v) is 12.3. The third-order valence-electron chi connectivity index (χ3n) is 3.73. The second kappa shape index (κ2) is 6.66. The number of para-hydroxylation sites is 1. The second-order valence-electron chi connectivity index (χ2n) is 5.13. The molecule has 1 aliphatic rings. The summed E-state index contributed by atoms with van der Waals surface area (Å²) in [4.78, 5) is 1.43. The summed E-state index contributed by atoms with van der Waals surface area (Å²) < 4.78 is 43.9. The molecule has 0 bridgehead atoms. The quantitative estimate of drug-likeness (QED) is 0.905. The van der Waals surface area contributed by atoms with Crippen LogP contribution >= 0.6 is 0 Å². The molecule has 0 radical (unpaired) electrons. The van der Waals surface area contributed by atoms with Gasteiger partial charge in [0.2, 0.25) is 0 Å². The largest absolute Gasteiger partial charge is 0.492 e. The van der Waals surface area contributed by atoms with Gasteiger partial charge in [0, 0.05) is 5.56 Å². The van der Waals surface area contributed by atoms with E-state index >= 15 is 0 Å². The third-order valence-corrected chi connectivity index (χ3v) is 3.73. The van der Waals surface area contributed by atoms with E-state index in [-0.39, 0.29) is 18.7 Å². The summed E-state index contributed by atoms with van der Waals surface area (Å²) in [7, 11) is 0. The molecule has 6 heteroatoms.